The highest BCUT2D eigenvalue weighted by atomic mass is 32.2. The number of carbonyl (C=O) groups excluding carboxylic acids is 2. The number of halogens is 1. The van der Waals surface area contributed by atoms with E-state index in [1.807, 2.05) is 13.8 Å². The molecule has 0 saturated heterocycles. The Labute approximate surface area is 223 Å². The van der Waals surface area contributed by atoms with E-state index in [1.165, 1.54) is 50.6 Å². The number of fused-ring (bicyclic) bond motifs is 1. The summed E-state index contributed by atoms with van der Waals surface area (Å²) in [6.07, 6.45) is 6.22. The Morgan fingerprint density at radius 2 is 1.58 bits per heavy atom. The number of carbonyl (C=O) groups is 2. The SMILES string of the molecule is CCCCN(CCCC)C(=O)C(=Cc1cn(S(=O)(=O)N(C)C)c2ccccc12)NC(=O)c1ccccc1F. The van der Waals surface area contributed by atoms with Crippen LogP contribution in [0, 0.1) is 5.82 Å². The van der Waals surface area contributed by atoms with Crippen molar-refractivity contribution in [2.24, 2.45) is 0 Å². The minimum atomic E-state index is -3.86. The molecule has 204 valence electrons. The molecule has 0 aliphatic carbocycles. The average Bonchev–Trinajstić information content (AvgIpc) is 3.27. The number of para-hydroxylation sites is 1. The third-order valence-corrected chi connectivity index (χ3v) is 7.89. The monoisotopic (exact) mass is 542 g/mol. The maximum Gasteiger partial charge on any atom is 0.307 e. The van der Waals surface area contributed by atoms with Gasteiger partial charge in [-0.2, -0.15) is 12.7 Å². The number of unbranched alkanes of at least 4 members (excludes halogenated alkanes) is 2. The van der Waals surface area contributed by atoms with Gasteiger partial charge in [-0.15, -0.1) is 0 Å². The summed E-state index contributed by atoms with van der Waals surface area (Å²) in [5.41, 5.74) is 0.593. The summed E-state index contributed by atoms with van der Waals surface area (Å²) >= 11 is 0. The standard InChI is InChI=1S/C28H35FN4O4S/c1-5-7-17-32(18-8-6-2)28(35)25(30-27(34)23-14-9-11-15-24(23)29)19-21-20-33(38(36,37)31(3)4)26-16-12-10-13-22(21)26/h9-16,19-20H,5-8,17-18H2,1-4H3,(H,30,34). The molecular formula is C28H35FN4O4S. The van der Waals surface area contributed by atoms with Gasteiger partial charge in [0, 0.05) is 44.3 Å². The van der Waals surface area contributed by atoms with E-state index in [1.54, 1.807) is 29.2 Å². The van der Waals surface area contributed by atoms with E-state index in [4.69, 9.17) is 0 Å². The van der Waals surface area contributed by atoms with Gasteiger partial charge >= 0.3 is 10.2 Å². The Balaban J connectivity index is 2.16. The molecule has 1 aromatic heterocycles. The number of benzene rings is 2. The lowest BCUT2D eigenvalue weighted by Gasteiger charge is -2.24. The van der Waals surface area contributed by atoms with Crippen LogP contribution in [0.15, 0.2) is 60.4 Å². The van der Waals surface area contributed by atoms with E-state index >= 15 is 0 Å². The zero-order valence-electron chi connectivity index (χ0n) is 22.3. The summed E-state index contributed by atoms with van der Waals surface area (Å²) in [5.74, 6) is -1.89. The first-order valence-electron chi connectivity index (χ1n) is 12.7. The smallest absolute Gasteiger partial charge is 0.307 e. The largest absolute Gasteiger partial charge is 0.337 e. The number of rotatable bonds is 12. The molecule has 2 amide bonds. The number of aromatic nitrogens is 1. The molecule has 1 heterocycles. The molecule has 0 spiro atoms. The van der Waals surface area contributed by atoms with Gasteiger partial charge in [-0.1, -0.05) is 57.0 Å². The van der Waals surface area contributed by atoms with Crippen LogP contribution in [-0.4, -0.2) is 60.6 Å². The van der Waals surface area contributed by atoms with Gasteiger partial charge in [0.1, 0.15) is 11.5 Å². The van der Waals surface area contributed by atoms with Gasteiger partial charge < -0.3 is 10.2 Å². The molecule has 3 rings (SSSR count). The second kappa shape index (κ2) is 12.8. The van der Waals surface area contributed by atoms with Crippen LogP contribution in [0.3, 0.4) is 0 Å². The fourth-order valence-corrected chi connectivity index (χ4v) is 4.99. The lowest BCUT2D eigenvalue weighted by Crippen LogP contribution is -2.39. The molecule has 8 nitrogen and oxygen atoms in total. The molecule has 2 aromatic carbocycles. The Bertz CT molecular complexity index is 1420. The second-order valence-electron chi connectivity index (χ2n) is 9.18. The highest BCUT2D eigenvalue weighted by Crippen LogP contribution is 2.26. The molecule has 1 N–H and O–H groups in total. The van der Waals surface area contributed by atoms with Gasteiger partial charge in [-0.05, 0) is 37.1 Å². The summed E-state index contributed by atoms with van der Waals surface area (Å²) in [4.78, 5) is 28.5. The number of hydrogen-bond donors (Lipinski definition) is 1. The number of amides is 2. The van der Waals surface area contributed by atoms with Gasteiger partial charge in [0.25, 0.3) is 11.8 Å². The van der Waals surface area contributed by atoms with Crippen molar-refractivity contribution in [1.29, 1.82) is 0 Å². The van der Waals surface area contributed by atoms with Crippen molar-refractivity contribution in [3.05, 3.63) is 77.4 Å². The molecule has 0 bridgehead atoms. The number of nitrogens with one attached hydrogen (secondary N) is 1. The third kappa shape index (κ3) is 6.49. The Morgan fingerprint density at radius 1 is 0.974 bits per heavy atom. The van der Waals surface area contributed by atoms with Gasteiger partial charge in [0.2, 0.25) is 0 Å². The first-order valence-corrected chi connectivity index (χ1v) is 14.1. The van der Waals surface area contributed by atoms with Crippen molar-refractivity contribution in [3.63, 3.8) is 0 Å². The summed E-state index contributed by atoms with van der Waals surface area (Å²) < 4.78 is 42.6. The van der Waals surface area contributed by atoms with E-state index in [-0.39, 0.29) is 11.3 Å². The predicted octanol–water partition coefficient (Wildman–Crippen LogP) is 4.63. The molecule has 3 aromatic rings. The molecule has 0 saturated carbocycles. The molecule has 38 heavy (non-hydrogen) atoms. The van der Waals surface area contributed by atoms with Gasteiger partial charge in [0.05, 0.1) is 11.1 Å². The normalized spacial score (nSPS) is 12.2. The van der Waals surface area contributed by atoms with Crippen molar-refractivity contribution in [3.8, 4) is 0 Å². The Kier molecular flexibility index (Phi) is 9.82. The third-order valence-electron chi connectivity index (χ3n) is 6.17. The fraction of sp³-hybridized carbons (Fsp3) is 0.357. The highest BCUT2D eigenvalue weighted by molar-refractivity contribution is 7.87. The maximum absolute atomic E-state index is 14.4. The van der Waals surface area contributed by atoms with Gasteiger partial charge in [-0.3, -0.25) is 9.59 Å². The second-order valence-corrected chi connectivity index (χ2v) is 11.2. The highest BCUT2D eigenvalue weighted by Gasteiger charge is 2.24. The number of nitrogens with zero attached hydrogens (tertiary/aromatic N) is 3. The predicted molar refractivity (Wildman–Crippen MR) is 148 cm³/mol. The number of hydrogen-bond acceptors (Lipinski definition) is 4. The van der Waals surface area contributed by atoms with Crippen LogP contribution < -0.4 is 5.32 Å². The van der Waals surface area contributed by atoms with E-state index in [9.17, 15) is 22.4 Å². The summed E-state index contributed by atoms with van der Waals surface area (Å²) in [6, 6.07) is 12.4. The Morgan fingerprint density at radius 3 is 2.18 bits per heavy atom. The van der Waals surface area contributed by atoms with Crippen molar-refractivity contribution < 1.29 is 22.4 Å². The Hall–Kier alpha value is -3.50. The quantitative estimate of drug-likeness (QED) is 0.338. The van der Waals surface area contributed by atoms with Crippen LogP contribution >= 0.6 is 0 Å². The summed E-state index contributed by atoms with van der Waals surface area (Å²) in [7, 11) is -0.996. The van der Waals surface area contributed by atoms with Crippen LogP contribution in [0.1, 0.15) is 55.5 Å². The first-order chi connectivity index (χ1) is 18.1. The van der Waals surface area contributed by atoms with Crippen LogP contribution in [0.5, 0.6) is 0 Å². The lowest BCUT2D eigenvalue weighted by molar-refractivity contribution is -0.127. The summed E-state index contributed by atoms with van der Waals surface area (Å²) in [6.45, 7) is 5.05. The summed E-state index contributed by atoms with van der Waals surface area (Å²) in [5, 5.41) is 3.19. The van der Waals surface area contributed by atoms with Crippen LogP contribution in [0.4, 0.5) is 4.39 Å². The van der Waals surface area contributed by atoms with Crippen molar-refractivity contribution in [2.45, 2.75) is 39.5 Å². The fourth-order valence-electron chi connectivity index (χ4n) is 3.98. The van der Waals surface area contributed by atoms with Crippen molar-refractivity contribution >= 4 is 39.0 Å². The van der Waals surface area contributed by atoms with Crippen LogP contribution in [0.2, 0.25) is 0 Å². The van der Waals surface area contributed by atoms with E-state index in [0.717, 1.165) is 34.0 Å². The van der Waals surface area contributed by atoms with E-state index in [2.05, 4.69) is 5.32 Å². The van der Waals surface area contributed by atoms with E-state index in [0.29, 0.717) is 29.6 Å². The topological polar surface area (TPSA) is 91.7 Å². The minimum Gasteiger partial charge on any atom is -0.337 e. The van der Waals surface area contributed by atoms with E-state index < -0.39 is 27.8 Å². The molecular weight excluding hydrogens is 507 g/mol. The molecule has 0 radical (unpaired) electrons. The van der Waals surface area contributed by atoms with Gasteiger partial charge in [-0.25, -0.2) is 8.36 Å². The molecule has 0 aliphatic heterocycles. The molecule has 0 unspecified atom stereocenters. The molecule has 0 aliphatic rings. The minimum absolute atomic E-state index is 0.0596. The van der Waals surface area contributed by atoms with Crippen LogP contribution in [-0.2, 0) is 15.0 Å². The van der Waals surface area contributed by atoms with Crippen molar-refractivity contribution in [1.82, 2.24) is 18.5 Å². The molecule has 0 fully saturated rings. The lowest BCUT2D eigenvalue weighted by atomic mass is 10.1. The van der Waals surface area contributed by atoms with Crippen molar-refractivity contribution in [2.75, 3.05) is 27.2 Å². The molecule has 10 heteroatoms. The average molecular weight is 543 g/mol. The maximum atomic E-state index is 14.4. The first kappa shape index (κ1) is 29.1. The molecule has 0 atom stereocenters. The van der Waals surface area contributed by atoms with Crippen LogP contribution in [0.25, 0.3) is 17.0 Å². The zero-order valence-corrected chi connectivity index (χ0v) is 23.1. The van der Waals surface area contributed by atoms with Gasteiger partial charge in [0.15, 0.2) is 0 Å². The zero-order chi connectivity index (χ0) is 27.9.